The number of nitrogens with zero attached hydrogens (tertiary/aromatic N) is 3. The number of hydrogen-bond donors (Lipinski definition) is 1. The number of carbonyl (C=O) groups excluding carboxylic acids is 1. The second kappa shape index (κ2) is 7.84. The Labute approximate surface area is 171 Å². The van der Waals surface area contributed by atoms with Gasteiger partial charge in [-0.05, 0) is 62.4 Å². The second-order valence-corrected chi connectivity index (χ2v) is 8.06. The van der Waals surface area contributed by atoms with E-state index in [2.05, 4.69) is 18.0 Å². The van der Waals surface area contributed by atoms with Crippen LogP contribution in [0.5, 0.6) is 5.75 Å². The Hall–Kier alpha value is -2.92. The van der Waals surface area contributed by atoms with Crippen LogP contribution in [0.3, 0.4) is 0 Å². The molecule has 0 bridgehead atoms. The summed E-state index contributed by atoms with van der Waals surface area (Å²) in [6.45, 7) is 7.51. The molecule has 2 aromatic carbocycles. The third-order valence-electron chi connectivity index (χ3n) is 5.72. The highest BCUT2D eigenvalue weighted by Crippen LogP contribution is 2.31. The van der Waals surface area contributed by atoms with Gasteiger partial charge in [0.2, 0.25) is 5.91 Å². The molecular weight excluding hydrogens is 362 g/mol. The van der Waals surface area contributed by atoms with Gasteiger partial charge >= 0.3 is 0 Å². The Morgan fingerprint density at radius 2 is 1.79 bits per heavy atom. The Balaban J connectivity index is 1.61. The number of pyridine rings is 1. The Morgan fingerprint density at radius 1 is 1.03 bits per heavy atom. The zero-order valence-corrected chi connectivity index (χ0v) is 17.3. The van der Waals surface area contributed by atoms with Crippen LogP contribution in [0.4, 0.5) is 0 Å². The highest BCUT2D eigenvalue weighted by Gasteiger charge is 2.19. The first-order valence-electron chi connectivity index (χ1n) is 10.1. The minimum Gasteiger partial charge on any atom is -0.507 e. The molecule has 0 unspecified atom stereocenters. The molecule has 1 aliphatic rings. The van der Waals surface area contributed by atoms with Crippen molar-refractivity contribution in [3.8, 4) is 17.0 Å². The van der Waals surface area contributed by atoms with E-state index < -0.39 is 0 Å². The fourth-order valence-electron chi connectivity index (χ4n) is 3.89. The van der Waals surface area contributed by atoms with Crippen LogP contribution in [0.2, 0.25) is 0 Å². The average molecular weight is 389 g/mol. The van der Waals surface area contributed by atoms with Crippen molar-refractivity contribution >= 4 is 16.8 Å². The molecule has 150 valence electrons. The topological polar surface area (TPSA) is 56.7 Å². The molecule has 3 aromatic rings. The van der Waals surface area contributed by atoms with E-state index in [0.29, 0.717) is 6.42 Å². The van der Waals surface area contributed by atoms with Gasteiger partial charge < -0.3 is 14.9 Å². The molecule has 1 amide bonds. The van der Waals surface area contributed by atoms with Crippen LogP contribution in [0.1, 0.15) is 16.7 Å². The summed E-state index contributed by atoms with van der Waals surface area (Å²) in [6, 6.07) is 13.6. The summed E-state index contributed by atoms with van der Waals surface area (Å²) in [6.07, 6.45) is 0.416. The lowest BCUT2D eigenvalue weighted by molar-refractivity contribution is -0.132. The average Bonchev–Trinajstić information content (AvgIpc) is 2.70. The third-order valence-corrected chi connectivity index (χ3v) is 5.72. The van der Waals surface area contributed by atoms with Crippen molar-refractivity contribution in [2.75, 3.05) is 33.2 Å². The smallest absolute Gasteiger partial charge is 0.227 e. The first kappa shape index (κ1) is 19.4. The molecule has 4 rings (SSSR count). The number of piperazine rings is 1. The van der Waals surface area contributed by atoms with Gasteiger partial charge in [0.25, 0.3) is 0 Å². The van der Waals surface area contributed by atoms with Gasteiger partial charge in [0.1, 0.15) is 5.75 Å². The van der Waals surface area contributed by atoms with Crippen molar-refractivity contribution in [3.05, 3.63) is 59.2 Å². The fraction of sp³-hybridized carbons (Fsp3) is 0.333. The summed E-state index contributed by atoms with van der Waals surface area (Å²) in [5, 5.41) is 11.3. The normalized spacial score (nSPS) is 15.1. The molecule has 1 aliphatic heterocycles. The number of phenols is 1. The summed E-state index contributed by atoms with van der Waals surface area (Å²) in [5.74, 6) is 0.417. The third kappa shape index (κ3) is 4.10. The van der Waals surface area contributed by atoms with E-state index in [9.17, 15) is 9.90 Å². The van der Waals surface area contributed by atoms with Crippen molar-refractivity contribution in [1.82, 2.24) is 14.8 Å². The number of amides is 1. The number of carbonyl (C=O) groups is 1. The van der Waals surface area contributed by atoms with Crippen molar-refractivity contribution in [3.63, 3.8) is 0 Å². The predicted octanol–water partition coefficient (Wildman–Crippen LogP) is 3.54. The Morgan fingerprint density at radius 3 is 2.55 bits per heavy atom. The van der Waals surface area contributed by atoms with Gasteiger partial charge in [0.05, 0.1) is 17.6 Å². The van der Waals surface area contributed by atoms with Gasteiger partial charge in [-0.2, -0.15) is 0 Å². The molecular formula is C24H27N3O2. The van der Waals surface area contributed by atoms with Crippen LogP contribution in [0.25, 0.3) is 22.2 Å². The number of aryl methyl sites for hydroxylation is 2. The van der Waals surface area contributed by atoms with E-state index in [4.69, 9.17) is 4.98 Å². The highest BCUT2D eigenvalue weighted by atomic mass is 16.3. The van der Waals surface area contributed by atoms with Crippen LogP contribution in [-0.2, 0) is 11.2 Å². The lowest BCUT2D eigenvalue weighted by atomic mass is 10.0. The minimum absolute atomic E-state index is 0.185. The van der Waals surface area contributed by atoms with Gasteiger partial charge in [-0.15, -0.1) is 0 Å². The molecule has 5 heteroatoms. The summed E-state index contributed by atoms with van der Waals surface area (Å²) in [4.78, 5) is 21.6. The second-order valence-electron chi connectivity index (χ2n) is 8.06. The Bertz CT molecular complexity index is 1070. The number of rotatable bonds is 3. The first-order valence-corrected chi connectivity index (χ1v) is 10.1. The van der Waals surface area contributed by atoms with Gasteiger partial charge in [0, 0.05) is 37.1 Å². The standard InChI is InChI=1S/C24H27N3O2/c1-16-4-7-23(28)20(12-16)22-13-17(2)19-14-18(5-6-21(19)25-22)15-24(29)27-10-8-26(3)9-11-27/h4-7,12-14,28H,8-11,15H2,1-3H3. The molecule has 0 saturated carbocycles. The fourth-order valence-corrected chi connectivity index (χ4v) is 3.89. The maximum atomic E-state index is 12.7. The Kier molecular flexibility index (Phi) is 5.24. The van der Waals surface area contributed by atoms with Crippen LogP contribution < -0.4 is 0 Å². The van der Waals surface area contributed by atoms with Crippen molar-refractivity contribution in [1.29, 1.82) is 0 Å². The zero-order chi connectivity index (χ0) is 20.5. The molecule has 0 atom stereocenters. The first-order chi connectivity index (χ1) is 13.9. The van der Waals surface area contributed by atoms with E-state index in [-0.39, 0.29) is 11.7 Å². The number of likely N-dealkylation sites (N-methyl/N-ethyl adjacent to an activating group) is 1. The van der Waals surface area contributed by atoms with E-state index in [1.165, 1.54) is 0 Å². The molecule has 1 aromatic heterocycles. The molecule has 29 heavy (non-hydrogen) atoms. The van der Waals surface area contributed by atoms with Crippen molar-refractivity contribution in [2.45, 2.75) is 20.3 Å². The summed E-state index contributed by atoms with van der Waals surface area (Å²) >= 11 is 0. The molecule has 5 nitrogen and oxygen atoms in total. The van der Waals surface area contributed by atoms with Crippen LogP contribution in [-0.4, -0.2) is 59.0 Å². The monoisotopic (exact) mass is 389 g/mol. The zero-order valence-electron chi connectivity index (χ0n) is 17.3. The molecule has 1 N–H and O–H groups in total. The van der Waals surface area contributed by atoms with Gasteiger partial charge in [-0.3, -0.25) is 4.79 Å². The maximum Gasteiger partial charge on any atom is 0.227 e. The molecule has 0 radical (unpaired) electrons. The molecule has 2 heterocycles. The molecule has 1 saturated heterocycles. The lowest BCUT2D eigenvalue weighted by Crippen LogP contribution is -2.47. The number of aromatic nitrogens is 1. The highest BCUT2D eigenvalue weighted by molar-refractivity contribution is 5.88. The summed E-state index contributed by atoms with van der Waals surface area (Å²) < 4.78 is 0. The van der Waals surface area contributed by atoms with Crippen molar-refractivity contribution < 1.29 is 9.90 Å². The molecule has 0 spiro atoms. The quantitative estimate of drug-likeness (QED) is 0.744. The summed E-state index contributed by atoms with van der Waals surface area (Å²) in [5.41, 5.74) is 5.55. The number of aromatic hydroxyl groups is 1. The van der Waals surface area contributed by atoms with Gasteiger partial charge in [-0.1, -0.05) is 17.7 Å². The lowest BCUT2D eigenvalue weighted by Gasteiger charge is -2.32. The number of benzene rings is 2. The molecule has 0 aliphatic carbocycles. The van der Waals surface area contributed by atoms with E-state index in [0.717, 1.165) is 65.0 Å². The largest absolute Gasteiger partial charge is 0.507 e. The van der Waals surface area contributed by atoms with Gasteiger partial charge in [-0.25, -0.2) is 4.98 Å². The van der Waals surface area contributed by atoms with E-state index in [1.54, 1.807) is 6.07 Å². The maximum absolute atomic E-state index is 12.7. The van der Waals surface area contributed by atoms with Gasteiger partial charge in [0.15, 0.2) is 0 Å². The van der Waals surface area contributed by atoms with E-state index >= 15 is 0 Å². The minimum atomic E-state index is 0.185. The number of phenolic OH excluding ortho intramolecular Hbond substituents is 1. The van der Waals surface area contributed by atoms with Crippen LogP contribution in [0.15, 0.2) is 42.5 Å². The van der Waals surface area contributed by atoms with Crippen LogP contribution >= 0.6 is 0 Å². The molecule has 1 fully saturated rings. The van der Waals surface area contributed by atoms with E-state index in [1.807, 2.05) is 49.1 Å². The van der Waals surface area contributed by atoms with Crippen molar-refractivity contribution in [2.24, 2.45) is 0 Å². The summed E-state index contributed by atoms with van der Waals surface area (Å²) in [7, 11) is 2.09. The van der Waals surface area contributed by atoms with Crippen LogP contribution in [0, 0.1) is 13.8 Å². The predicted molar refractivity (Wildman–Crippen MR) is 116 cm³/mol. The number of hydrogen-bond acceptors (Lipinski definition) is 4. The number of fused-ring (bicyclic) bond motifs is 1. The SMILES string of the molecule is Cc1ccc(O)c(-c2cc(C)c3cc(CC(=O)N4CCN(C)CC4)ccc3n2)c1.